The SMILES string of the molecule is COC1=CC=C(C2(O)c3ccc(CCC(=O)ON4C(=O)CCC4=O)cc3Sc3cc(OC)ccc32)C=CC1. The Bertz CT molecular complexity index is 1390. The molecule has 9 heteroatoms. The lowest BCUT2D eigenvalue weighted by atomic mass is 9.78. The van der Waals surface area contributed by atoms with Gasteiger partial charge in [0.15, 0.2) is 0 Å². The van der Waals surface area contributed by atoms with Gasteiger partial charge < -0.3 is 19.4 Å². The lowest BCUT2D eigenvalue weighted by Gasteiger charge is -2.37. The van der Waals surface area contributed by atoms with Crippen LogP contribution in [-0.4, -0.2) is 42.2 Å². The summed E-state index contributed by atoms with van der Waals surface area (Å²) >= 11 is 1.52. The molecule has 2 amide bonds. The largest absolute Gasteiger partial charge is 0.501 e. The smallest absolute Gasteiger partial charge is 0.333 e. The van der Waals surface area contributed by atoms with Crippen LogP contribution in [0.15, 0.2) is 81.8 Å². The van der Waals surface area contributed by atoms with Crippen LogP contribution in [0.25, 0.3) is 0 Å². The van der Waals surface area contributed by atoms with Crippen molar-refractivity contribution >= 4 is 29.5 Å². The molecular weight excluding hydrogens is 506 g/mol. The van der Waals surface area contributed by atoms with Crippen molar-refractivity contribution in [3.05, 3.63) is 88.7 Å². The molecule has 0 bridgehead atoms. The average molecular weight is 534 g/mol. The van der Waals surface area contributed by atoms with E-state index in [1.807, 2.05) is 60.7 Å². The van der Waals surface area contributed by atoms with E-state index in [4.69, 9.17) is 14.3 Å². The maximum atomic E-state index is 12.4. The van der Waals surface area contributed by atoms with Gasteiger partial charge in [-0.1, -0.05) is 48.2 Å². The molecule has 2 aliphatic heterocycles. The highest BCUT2D eigenvalue weighted by molar-refractivity contribution is 7.99. The van der Waals surface area contributed by atoms with Gasteiger partial charge in [0.05, 0.1) is 26.4 Å². The maximum absolute atomic E-state index is 12.4. The molecule has 0 saturated carbocycles. The number of methoxy groups -OCH3 is 2. The van der Waals surface area contributed by atoms with Gasteiger partial charge in [-0.05, 0) is 41.8 Å². The molecule has 2 aromatic carbocycles. The normalized spacial score (nSPS) is 20.2. The van der Waals surface area contributed by atoms with Crippen molar-refractivity contribution in [2.24, 2.45) is 0 Å². The molecule has 38 heavy (non-hydrogen) atoms. The first-order chi connectivity index (χ1) is 18.3. The number of aryl methyl sites for hydroxylation is 1. The van der Waals surface area contributed by atoms with E-state index in [0.29, 0.717) is 29.2 Å². The Labute approximate surface area is 224 Å². The Morgan fingerprint density at radius 2 is 1.71 bits per heavy atom. The van der Waals surface area contributed by atoms with Crippen LogP contribution >= 0.6 is 11.8 Å². The van der Waals surface area contributed by atoms with Gasteiger partial charge in [0.1, 0.15) is 11.4 Å². The molecule has 2 heterocycles. The third-order valence-electron chi connectivity index (χ3n) is 6.80. The summed E-state index contributed by atoms with van der Waals surface area (Å²) in [6, 6.07) is 11.3. The van der Waals surface area contributed by atoms with E-state index < -0.39 is 23.4 Å². The van der Waals surface area contributed by atoms with Gasteiger partial charge in [-0.2, -0.15) is 0 Å². The molecule has 1 atom stereocenters. The number of amides is 2. The Morgan fingerprint density at radius 1 is 1.00 bits per heavy atom. The highest BCUT2D eigenvalue weighted by atomic mass is 32.2. The van der Waals surface area contributed by atoms with Crippen LogP contribution < -0.4 is 4.74 Å². The zero-order valence-electron chi connectivity index (χ0n) is 21.1. The number of hydrogen-bond acceptors (Lipinski definition) is 8. The van der Waals surface area contributed by atoms with Crippen LogP contribution in [0.4, 0.5) is 0 Å². The number of imide groups is 1. The first kappa shape index (κ1) is 25.8. The lowest BCUT2D eigenvalue weighted by molar-refractivity contribution is -0.197. The number of hydrogen-bond donors (Lipinski definition) is 1. The van der Waals surface area contributed by atoms with Crippen LogP contribution in [0.2, 0.25) is 0 Å². The minimum atomic E-state index is -1.42. The minimum Gasteiger partial charge on any atom is -0.501 e. The first-order valence-corrected chi connectivity index (χ1v) is 13.1. The van der Waals surface area contributed by atoms with Crippen molar-refractivity contribution in [1.82, 2.24) is 5.06 Å². The number of rotatable bonds is 7. The van der Waals surface area contributed by atoms with Crippen LogP contribution in [0, 0.1) is 0 Å². The Hall–Kier alpha value is -3.82. The monoisotopic (exact) mass is 533 g/mol. The van der Waals surface area contributed by atoms with Crippen LogP contribution in [-0.2, 0) is 36.0 Å². The number of fused-ring (bicyclic) bond motifs is 2. The zero-order valence-corrected chi connectivity index (χ0v) is 21.9. The molecule has 0 spiro atoms. The van der Waals surface area contributed by atoms with E-state index in [-0.39, 0.29) is 19.3 Å². The summed E-state index contributed by atoms with van der Waals surface area (Å²) in [6.45, 7) is 0. The second-order valence-corrected chi connectivity index (χ2v) is 10.2. The molecule has 1 unspecified atom stereocenters. The first-order valence-electron chi connectivity index (χ1n) is 12.2. The third-order valence-corrected chi connectivity index (χ3v) is 7.91. The second-order valence-electron chi connectivity index (χ2n) is 9.12. The third kappa shape index (κ3) is 4.75. The summed E-state index contributed by atoms with van der Waals surface area (Å²) in [5.74, 6) is -0.189. The summed E-state index contributed by atoms with van der Waals surface area (Å²) in [5.41, 5.74) is 1.61. The number of nitrogens with zero attached hydrogens (tertiary/aromatic N) is 1. The molecule has 1 saturated heterocycles. The zero-order chi connectivity index (χ0) is 26.9. The van der Waals surface area contributed by atoms with Crippen molar-refractivity contribution in [1.29, 1.82) is 0 Å². The fourth-order valence-corrected chi connectivity index (χ4v) is 6.02. The predicted octanol–water partition coefficient (Wildman–Crippen LogP) is 4.35. The van der Waals surface area contributed by atoms with Crippen molar-refractivity contribution < 1.29 is 33.8 Å². The molecule has 1 N–H and O–H groups in total. The van der Waals surface area contributed by atoms with Gasteiger partial charge in [0, 0.05) is 40.2 Å². The summed E-state index contributed by atoms with van der Waals surface area (Å²) in [6.07, 6.45) is 8.69. The van der Waals surface area contributed by atoms with Crippen LogP contribution in [0.1, 0.15) is 42.4 Å². The number of aliphatic hydroxyl groups is 1. The van der Waals surface area contributed by atoms with Gasteiger partial charge in [0.25, 0.3) is 11.8 Å². The number of allylic oxidation sites excluding steroid dienone is 3. The predicted molar refractivity (Wildman–Crippen MR) is 139 cm³/mol. The van der Waals surface area contributed by atoms with Crippen molar-refractivity contribution in [2.45, 2.75) is 47.5 Å². The highest BCUT2D eigenvalue weighted by Crippen LogP contribution is 2.52. The maximum Gasteiger partial charge on any atom is 0.333 e. The van der Waals surface area contributed by atoms with Crippen molar-refractivity contribution in [2.75, 3.05) is 14.2 Å². The minimum absolute atomic E-state index is 0.00628. The fraction of sp³-hybridized carbons (Fsp3) is 0.276. The Balaban J connectivity index is 1.46. The van der Waals surface area contributed by atoms with Crippen LogP contribution in [0.3, 0.4) is 0 Å². The molecule has 0 radical (unpaired) electrons. The van der Waals surface area contributed by atoms with Crippen LogP contribution in [0.5, 0.6) is 5.75 Å². The van der Waals surface area contributed by atoms with Gasteiger partial charge in [-0.25, -0.2) is 4.79 Å². The van der Waals surface area contributed by atoms with E-state index in [1.165, 1.54) is 11.8 Å². The van der Waals surface area contributed by atoms with Gasteiger partial charge in [0.2, 0.25) is 0 Å². The number of carbonyl (C=O) groups is 3. The summed E-state index contributed by atoms with van der Waals surface area (Å²) in [5, 5.41) is 12.9. The molecule has 5 rings (SSSR count). The molecule has 196 valence electrons. The van der Waals surface area contributed by atoms with Crippen molar-refractivity contribution in [3.63, 3.8) is 0 Å². The Morgan fingerprint density at radius 3 is 2.42 bits per heavy atom. The fourth-order valence-electron chi connectivity index (χ4n) is 4.75. The number of ether oxygens (including phenoxy) is 2. The van der Waals surface area contributed by atoms with Gasteiger partial charge in [-0.3, -0.25) is 9.59 Å². The summed E-state index contributed by atoms with van der Waals surface area (Å²) < 4.78 is 10.8. The van der Waals surface area contributed by atoms with E-state index >= 15 is 0 Å². The highest BCUT2D eigenvalue weighted by Gasteiger charge is 2.42. The molecule has 0 aromatic heterocycles. The molecule has 2 aromatic rings. The van der Waals surface area contributed by atoms with E-state index in [9.17, 15) is 19.5 Å². The Kier molecular flexibility index (Phi) is 7.14. The molecule has 1 aliphatic carbocycles. The van der Waals surface area contributed by atoms with E-state index in [0.717, 1.165) is 32.2 Å². The van der Waals surface area contributed by atoms with Gasteiger partial charge in [-0.15, -0.1) is 5.06 Å². The summed E-state index contributed by atoms with van der Waals surface area (Å²) in [7, 11) is 3.23. The molecule has 1 fully saturated rings. The van der Waals surface area contributed by atoms with Crippen molar-refractivity contribution in [3.8, 4) is 5.75 Å². The van der Waals surface area contributed by atoms with Gasteiger partial charge >= 0.3 is 5.97 Å². The number of carbonyl (C=O) groups excluding carboxylic acids is 3. The molecule has 8 nitrogen and oxygen atoms in total. The van der Waals surface area contributed by atoms with E-state index in [1.54, 1.807) is 14.2 Å². The lowest BCUT2D eigenvalue weighted by Crippen LogP contribution is -2.33. The standard InChI is InChI=1S/C29H27NO7S/c1-35-20-5-3-4-19(8-9-20)29(34)22-11-6-18(7-15-28(33)37-30-26(31)13-14-27(30)32)16-24(22)38-25-17-21(36-2)10-12-23(25)29/h3-4,6,8-12,16-17,34H,5,7,13-15H2,1-2H3. The molecular formula is C29H27NO7S. The quantitative estimate of drug-likeness (QED) is 0.524. The topological polar surface area (TPSA) is 102 Å². The second kappa shape index (κ2) is 10.5. The number of benzene rings is 2. The number of hydroxylamine groups is 2. The summed E-state index contributed by atoms with van der Waals surface area (Å²) in [4.78, 5) is 42.5. The molecule has 3 aliphatic rings. The van der Waals surface area contributed by atoms with E-state index in [2.05, 4.69) is 0 Å². The average Bonchev–Trinajstić information content (AvgIpc) is 3.10.